The van der Waals surface area contributed by atoms with E-state index in [-0.39, 0.29) is 48.2 Å². The van der Waals surface area contributed by atoms with Crippen LogP contribution in [0.1, 0.15) is 42.1 Å². The highest BCUT2D eigenvalue weighted by atomic mass is 19.4. The molecular formula is C21H23F5N6O3. The molecule has 190 valence electrons. The molecule has 0 aromatic carbocycles. The second kappa shape index (κ2) is 9.68. The summed E-state index contributed by atoms with van der Waals surface area (Å²) < 4.78 is 77.0. The van der Waals surface area contributed by atoms with E-state index in [0.29, 0.717) is 0 Å². The van der Waals surface area contributed by atoms with Crippen LogP contribution < -0.4 is 16.2 Å². The molecule has 0 saturated heterocycles. The molecule has 0 spiro atoms. The molecule has 1 aliphatic heterocycles. The van der Waals surface area contributed by atoms with E-state index in [1.165, 1.54) is 13.0 Å². The van der Waals surface area contributed by atoms with Gasteiger partial charge in [-0.3, -0.25) is 19.2 Å². The number of aromatic nitrogens is 3. The lowest BCUT2D eigenvalue weighted by atomic mass is 9.93. The normalized spacial score (nSPS) is 22.5. The Bertz CT molecular complexity index is 1140. The van der Waals surface area contributed by atoms with E-state index in [2.05, 4.69) is 19.9 Å². The summed E-state index contributed by atoms with van der Waals surface area (Å²) in [5, 5.41) is 0. The number of nitrogens with zero attached hydrogens (tertiary/aromatic N) is 4. The number of carbonyl (C=O) groups excluding carboxylic acids is 1. The van der Waals surface area contributed by atoms with Gasteiger partial charge in [0, 0.05) is 12.1 Å². The first kappa shape index (κ1) is 26.2. The van der Waals surface area contributed by atoms with E-state index >= 15 is 0 Å². The molecule has 0 aliphatic carbocycles. The van der Waals surface area contributed by atoms with E-state index in [4.69, 9.17) is 20.9 Å². The number of carbonyl (C=O) groups is 1. The highest BCUT2D eigenvalue weighted by Gasteiger charge is 2.59. The molecule has 1 aliphatic rings. The quantitative estimate of drug-likeness (QED) is 0.319. The van der Waals surface area contributed by atoms with E-state index in [0.717, 1.165) is 19.2 Å². The predicted molar refractivity (Wildman–Crippen MR) is 114 cm³/mol. The van der Waals surface area contributed by atoms with Crippen molar-refractivity contribution in [2.75, 3.05) is 25.6 Å². The lowest BCUT2D eigenvalue weighted by molar-refractivity contribution is -0.249. The van der Waals surface area contributed by atoms with Crippen molar-refractivity contribution in [3.05, 3.63) is 41.2 Å². The molecule has 35 heavy (non-hydrogen) atoms. The average molecular weight is 502 g/mol. The number of rotatable bonds is 8. The van der Waals surface area contributed by atoms with Gasteiger partial charge in [-0.15, -0.1) is 0 Å². The van der Waals surface area contributed by atoms with E-state index < -0.39 is 48.0 Å². The van der Waals surface area contributed by atoms with Gasteiger partial charge in [0.15, 0.2) is 11.6 Å². The van der Waals surface area contributed by atoms with Crippen LogP contribution in [-0.2, 0) is 16.7 Å². The van der Waals surface area contributed by atoms with Gasteiger partial charge in [0.2, 0.25) is 11.5 Å². The largest absolute Gasteiger partial charge is 0.476 e. The summed E-state index contributed by atoms with van der Waals surface area (Å²) in [4.78, 5) is 28.5. The van der Waals surface area contributed by atoms with Gasteiger partial charge in [0.25, 0.3) is 0 Å². The Balaban J connectivity index is 1.84. The molecule has 14 heteroatoms. The zero-order valence-corrected chi connectivity index (χ0v) is 18.8. The third kappa shape index (κ3) is 5.31. The maximum absolute atomic E-state index is 14.6. The Morgan fingerprint density at radius 2 is 1.94 bits per heavy atom. The number of amidine groups is 1. The van der Waals surface area contributed by atoms with Crippen molar-refractivity contribution in [1.82, 2.24) is 15.0 Å². The number of halogens is 5. The van der Waals surface area contributed by atoms with Crippen LogP contribution in [0.25, 0.3) is 0 Å². The number of pyridine rings is 1. The topological polar surface area (TPSA) is 139 Å². The molecule has 0 unspecified atom stereocenters. The lowest BCUT2D eigenvalue weighted by Gasteiger charge is -2.40. The Morgan fingerprint density at radius 1 is 1.23 bits per heavy atom. The monoisotopic (exact) mass is 502 g/mol. The minimum Gasteiger partial charge on any atom is -0.476 e. The van der Waals surface area contributed by atoms with Crippen LogP contribution in [0.2, 0.25) is 0 Å². The lowest BCUT2D eigenvalue weighted by Crippen LogP contribution is -2.60. The molecule has 0 saturated carbocycles. The van der Waals surface area contributed by atoms with Crippen molar-refractivity contribution in [1.29, 1.82) is 0 Å². The molecule has 3 heterocycles. The van der Waals surface area contributed by atoms with Crippen LogP contribution in [0.3, 0.4) is 0 Å². The van der Waals surface area contributed by atoms with Gasteiger partial charge in [0.05, 0.1) is 32.5 Å². The van der Waals surface area contributed by atoms with Crippen molar-refractivity contribution >= 4 is 17.4 Å². The van der Waals surface area contributed by atoms with Crippen LogP contribution in [0.5, 0.6) is 5.88 Å². The summed E-state index contributed by atoms with van der Waals surface area (Å²) >= 11 is 0. The first-order chi connectivity index (χ1) is 16.3. The standard InChI is InChI=1S/C21H23F5N6O3/c1-19(10-35-20(2,18(28)32-19)21(24,25)26)16-12(23)5-4-11(30-16)8-13(33)15-17(27)31-14(9-29-15)34-7-3-6-22/h4-5,9H,3,6-8,10H2,1-2H3,(H2,27,31)(H2,28,32)/t19-,20+/m0/s1. The van der Waals surface area contributed by atoms with Gasteiger partial charge in [0.1, 0.15) is 28.6 Å². The summed E-state index contributed by atoms with van der Waals surface area (Å²) in [6, 6.07) is 2.24. The molecule has 3 rings (SSSR count). The first-order valence-electron chi connectivity index (χ1n) is 10.4. The molecule has 2 aromatic heterocycles. The van der Waals surface area contributed by atoms with Crippen molar-refractivity contribution in [3.8, 4) is 5.88 Å². The Labute approximate surface area is 196 Å². The van der Waals surface area contributed by atoms with Crippen LogP contribution in [0.4, 0.5) is 27.8 Å². The smallest absolute Gasteiger partial charge is 0.424 e. The highest BCUT2D eigenvalue weighted by molar-refractivity contribution is 5.99. The van der Waals surface area contributed by atoms with Gasteiger partial charge in [-0.1, -0.05) is 0 Å². The summed E-state index contributed by atoms with van der Waals surface area (Å²) in [7, 11) is 0. The van der Waals surface area contributed by atoms with Crippen LogP contribution in [0.15, 0.2) is 23.3 Å². The maximum atomic E-state index is 14.6. The Morgan fingerprint density at radius 3 is 2.54 bits per heavy atom. The van der Waals surface area contributed by atoms with E-state index in [1.54, 1.807) is 0 Å². The number of alkyl halides is 4. The second-order valence-electron chi connectivity index (χ2n) is 8.16. The van der Waals surface area contributed by atoms with Crippen molar-refractivity contribution in [2.24, 2.45) is 10.7 Å². The summed E-state index contributed by atoms with van der Waals surface area (Å²) in [5.41, 5.74) is 6.40. The highest BCUT2D eigenvalue weighted by Crippen LogP contribution is 2.40. The summed E-state index contributed by atoms with van der Waals surface area (Å²) in [6.07, 6.45) is -3.90. The van der Waals surface area contributed by atoms with Crippen LogP contribution >= 0.6 is 0 Å². The number of anilines is 1. The number of ether oxygens (including phenoxy) is 2. The van der Waals surface area contributed by atoms with Crippen LogP contribution in [-0.4, -0.2) is 58.2 Å². The summed E-state index contributed by atoms with van der Waals surface area (Å²) in [6.45, 7) is 0.868. The number of hydrogen-bond donors (Lipinski definition) is 2. The average Bonchev–Trinajstić information content (AvgIpc) is 2.77. The van der Waals surface area contributed by atoms with Crippen molar-refractivity contribution < 1.29 is 36.2 Å². The third-order valence-electron chi connectivity index (χ3n) is 5.36. The third-order valence-corrected chi connectivity index (χ3v) is 5.36. The van der Waals surface area contributed by atoms with Crippen molar-refractivity contribution in [2.45, 2.75) is 44.0 Å². The molecule has 0 bridgehead atoms. The zero-order valence-electron chi connectivity index (χ0n) is 18.8. The molecule has 9 nitrogen and oxygen atoms in total. The number of nitrogen functional groups attached to an aromatic ring is 1. The molecule has 2 atom stereocenters. The minimum atomic E-state index is -4.84. The number of aliphatic imine (C=N–C) groups is 1. The molecule has 0 radical (unpaired) electrons. The Hall–Kier alpha value is -3.42. The van der Waals surface area contributed by atoms with Gasteiger partial charge in [-0.25, -0.2) is 9.37 Å². The molecule has 0 amide bonds. The van der Waals surface area contributed by atoms with Gasteiger partial charge in [-0.2, -0.15) is 18.2 Å². The number of ketones is 1. The Kier molecular flexibility index (Phi) is 7.24. The maximum Gasteiger partial charge on any atom is 0.424 e. The predicted octanol–water partition coefficient (Wildman–Crippen LogP) is 2.68. The van der Waals surface area contributed by atoms with Gasteiger partial charge < -0.3 is 20.9 Å². The molecule has 2 aromatic rings. The fraction of sp³-hybridized carbons (Fsp3) is 0.476. The molecule has 4 N–H and O–H groups in total. The van der Waals surface area contributed by atoms with Gasteiger partial charge >= 0.3 is 6.18 Å². The van der Waals surface area contributed by atoms with Gasteiger partial charge in [-0.05, 0) is 26.0 Å². The number of nitrogens with two attached hydrogens (primary N) is 2. The summed E-state index contributed by atoms with van der Waals surface area (Å²) in [5.74, 6) is -2.56. The SMILES string of the molecule is C[C@@]1(c2nc(CC(=O)c3ncc(OCCCF)nc3N)ccc2F)CO[C@@](C)(C(F)(F)F)C(N)=N1. The van der Waals surface area contributed by atoms with E-state index in [9.17, 15) is 26.7 Å². The fourth-order valence-electron chi connectivity index (χ4n) is 3.22. The minimum absolute atomic E-state index is 0.0150. The molecular weight excluding hydrogens is 479 g/mol. The fourth-order valence-corrected chi connectivity index (χ4v) is 3.22. The van der Waals surface area contributed by atoms with Crippen molar-refractivity contribution in [3.63, 3.8) is 0 Å². The zero-order chi connectivity index (χ0) is 26.0. The molecule has 0 fully saturated rings. The second-order valence-corrected chi connectivity index (χ2v) is 8.16. The van der Waals surface area contributed by atoms with E-state index in [1.807, 2.05) is 0 Å². The first-order valence-corrected chi connectivity index (χ1v) is 10.4. The number of hydrogen-bond acceptors (Lipinski definition) is 9. The van der Waals surface area contributed by atoms with Crippen LogP contribution in [0, 0.1) is 5.82 Å². The number of Topliss-reactive ketones (excluding diaryl/α,β-unsaturated/α-hetero) is 1.